The molecule has 1 heterocycles. The van der Waals surface area contributed by atoms with Crippen molar-refractivity contribution in [2.75, 3.05) is 13.2 Å². The van der Waals surface area contributed by atoms with Crippen molar-refractivity contribution >= 4 is 10.9 Å². The summed E-state index contributed by atoms with van der Waals surface area (Å²) in [5.74, 6) is 0. The monoisotopic (exact) mass is 261 g/mol. The molecule has 2 aromatic rings. The number of rotatable bonds is 6. The molecule has 5 heteroatoms. The molecule has 0 spiro atoms. The fourth-order valence-corrected chi connectivity index (χ4v) is 2.11. The molecule has 0 saturated carbocycles. The molecule has 1 unspecified atom stereocenters. The van der Waals surface area contributed by atoms with Crippen LogP contribution >= 0.6 is 0 Å². The first kappa shape index (κ1) is 13.7. The summed E-state index contributed by atoms with van der Waals surface area (Å²) in [5, 5.41) is 4.87. The average Bonchev–Trinajstić information content (AvgIpc) is 2.45. The van der Waals surface area contributed by atoms with Gasteiger partial charge in [-0.05, 0) is 25.5 Å². The Labute approximate surface area is 112 Å². The Bertz CT molecular complexity index is 595. The number of aromatic nitrogens is 2. The van der Waals surface area contributed by atoms with Gasteiger partial charge >= 0.3 is 0 Å². The summed E-state index contributed by atoms with van der Waals surface area (Å²) in [7, 11) is 0. The van der Waals surface area contributed by atoms with Crippen LogP contribution in [0.25, 0.3) is 10.9 Å². The molecule has 1 aromatic heterocycles. The van der Waals surface area contributed by atoms with Crippen LogP contribution in [-0.2, 0) is 11.3 Å². The van der Waals surface area contributed by atoms with E-state index < -0.39 is 0 Å². The van der Waals surface area contributed by atoms with Crippen LogP contribution < -0.4 is 11.2 Å². The van der Waals surface area contributed by atoms with E-state index in [4.69, 9.17) is 10.5 Å². The van der Waals surface area contributed by atoms with E-state index in [1.807, 2.05) is 35.9 Å². The van der Waals surface area contributed by atoms with Crippen molar-refractivity contribution in [2.45, 2.75) is 26.0 Å². The van der Waals surface area contributed by atoms with Gasteiger partial charge < -0.3 is 10.5 Å². The molecule has 0 amide bonds. The van der Waals surface area contributed by atoms with Crippen LogP contribution in [0.15, 0.2) is 35.3 Å². The predicted octanol–water partition coefficient (Wildman–Crippen LogP) is 1.15. The quantitative estimate of drug-likeness (QED) is 0.847. The first-order valence-electron chi connectivity index (χ1n) is 6.52. The van der Waals surface area contributed by atoms with Gasteiger partial charge in [-0.1, -0.05) is 12.1 Å². The van der Waals surface area contributed by atoms with Gasteiger partial charge in [-0.25, -0.2) is 0 Å². The molecule has 0 radical (unpaired) electrons. The zero-order valence-electron chi connectivity index (χ0n) is 11.1. The van der Waals surface area contributed by atoms with E-state index in [9.17, 15) is 4.79 Å². The van der Waals surface area contributed by atoms with Crippen molar-refractivity contribution in [2.24, 2.45) is 5.73 Å². The minimum atomic E-state index is -0.0490. The molecule has 2 rings (SSSR count). The number of aryl methyl sites for hydroxylation is 1. The molecular formula is C14H19N3O2. The highest BCUT2D eigenvalue weighted by Gasteiger charge is 2.08. The Morgan fingerprint density at radius 1 is 1.42 bits per heavy atom. The number of nitrogens with two attached hydrogens (primary N) is 1. The van der Waals surface area contributed by atoms with E-state index in [0.717, 1.165) is 11.9 Å². The Morgan fingerprint density at radius 2 is 2.21 bits per heavy atom. The highest BCUT2D eigenvalue weighted by molar-refractivity contribution is 5.77. The van der Waals surface area contributed by atoms with E-state index in [-0.39, 0.29) is 11.5 Å². The lowest BCUT2D eigenvalue weighted by Gasteiger charge is -2.16. The van der Waals surface area contributed by atoms with Gasteiger partial charge in [0, 0.05) is 25.1 Å². The molecule has 0 saturated heterocycles. The van der Waals surface area contributed by atoms with Crippen molar-refractivity contribution in [3.8, 4) is 0 Å². The summed E-state index contributed by atoms with van der Waals surface area (Å²) in [4.78, 5) is 11.7. The third-order valence-electron chi connectivity index (χ3n) is 3.09. The lowest BCUT2D eigenvalue weighted by Crippen LogP contribution is -2.26. The second kappa shape index (κ2) is 6.45. The smallest absolute Gasteiger partial charge is 0.207 e. The second-order valence-corrected chi connectivity index (χ2v) is 4.35. The summed E-state index contributed by atoms with van der Waals surface area (Å²) in [5.41, 5.74) is 6.46. The molecule has 2 N–H and O–H groups in total. The van der Waals surface area contributed by atoms with Gasteiger partial charge in [-0.3, -0.25) is 9.48 Å². The molecule has 102 valence electrons. The maximum atomic E-state index is 11.7. The Balaban J connectivity index is 2.21. The molecule has 0 fully saturated rings. The summed E-state index contributed by atoms with van der Waals surface area (Å²) < 4.78 is 7.35. The Hall–Kier alpha value is -1.72. The SMILES string of the molecule is CCOC(CN)CCn1ncc(=O)c2ccccc21. The maximum Gasteiger partial charge on any atom is 0.207 e. The van der Waals surface area contributed by atoms with Gasteiger partial charge in [0.1, 0.15) is 0 Å². The van der Waals surface area contributed by atoms with Crippen LogP contribution in [0.5, 0.6) is 0 Å². The van der Waals surface area contributed by atoms with Crippen LogP contribution in [0, 0.1) is 0 Å². The lowest BCUT2D eigenvalue weighted by molar-refractivity contribution is 0.0594. The molecule has 0 aliphatic carbocycles. The summed E-state index contributed by atoms with van der Waals surface area (Å²) in [6.45, 7) is 3.78. The van der Waals surface area contributed by atoms with Gasteiger partial charge in [-0.15, -0.1) is 0 Å². The maximum absolute atomic E-state index is 11.7. The van der Waals surface area contributed by atoms with Crippen LogP contribution in [0.2, 0.25) is 0 Å². The zero-order valence-corrected chi connectivity index (χ0v) is 11.1. The average molecular weight is 261 g/mol. The highest BCUT2D eigenvalue weighted by Crippen LogP contribution is 2.09. The number of fused-ring (bicyclic) bond motifs is 1. The molecule has 0 aliphatic rings. The van der Waals surface area contributed by atoms with Crippen molar-refractivity contribution in [3.05, 3.63) is 40.7 Å². The van der Waals surface area contributed by atoms with Gasteiger partial charge in [-0.2, -0.15) is 5.10 Å². The third kappa shape index (κ3) is 3.19. The van der Waals surface area contributed by atoms with Crippen LogP contribution in [-0.4, -0.2) is 29.0 Å². The first-order chi connectivity index (χ1) is 9.26. The molecule has 19 heavy (non-hydrogen) atoms. The summed E-state index contributed by atoms with van der Waals surface area (Å²) in [6, 6.07) is 7.49. The van der Waals surface area contributed by atoms with E-state index in [1.165, 1.54) is 6.20 Å². The number of ether oxygens (including phenoxy) is 1. The number of para-hydroxylation sites is 1. The van der Waals surface area contributed by atoms with Gasteiger partial charge in [0.2, 0.25) is 5.43 Å². The fourth-order valence-electron chi connectivity index (χ4n) is 2.11. The molecule has 0 aliphatic heterocycles. The highest BCUT2D eigenvalue weighted by atomic mass is 16.5. The zero-order chi connectivity index (χ0) is 13.7. The lowest BCUT2D eigenvalue weighted by atomic mass is 10.2. The normalized spacial score (nSPS) is 12.7. The number of benzene rings is 1. The van der Waals surface area contributed by atoms with E-state index >= 15 is 0 Å². The standard InChI is InChI=1S/C14H19N3O2/c1-2-19-11(9-15)7-8-17-13-6-4-3-5-12(13)14(18)10-16-17/h3-6,10-11H,2,7-9,15H2,1H3. The topological polar surface area (TPSA) is 70.1 Å². The van der Waals surface area contributed by atoms with Crippen LogP contribution in [0.4, 0.5) is 0 Å². The van der Waals surface area contributed by atoms with E-state index in [0.29, 0.717) is 25.1 Å². The molecule has 5 nitrogen and oxygen atoms in total. The molecule has 1 atom stereocenters. The summed E-state index contributed by atoms with van der Waals surface area (Å²) in [6.07, 6.45) is 2.18. The minimum Gasteiger partial charge on any atom is -0.377 e. The van der Waals surface area contributed by atoms with Crippen molar-refractivity contribution < 1.29 is 4.74 Å². The predicted molar refractivity (Wildman–Crippen MR) is 75.1 cm³/mol. The number of hydrogen-bond donors (Lipinski definition) is 1. The summed E-state index contributed by atoms with van der Waals surface area (Å²) >= 11 is 0. The van der Waals surface area contributed by atoms with Crippen molar-refractivity contribution in [1.29, 1.82) is 0 Å². The fraction of sp³-hybridized carbons (Fsp3) is 0.429. The van der Waals surface area contributed by atoms with Crippen LogP contribution in [0.1, 0.15) is 13.3 Å². The van der Waals surface area contributed by atoms with E-state index in [1.54, 1.807) is 0 Å². The van der Waals surface area contributed by atoms with Crippen molar-refractivity contribution in [1.82, 2.24) is 9.78 Å². The largest absolute Gasteiger partial charge is 0.377 e. The van der Waals surface area contributed by atoms with Crippen molar-refractivity contribution in [3.63, 3.8) is 0 Å². The Morgan fingerprint density at radius 3 is 2.95 bits per heavy atom. The van der Waals surface area contributed by atoms with Gasteiger partial charge in [0.05, 0.1) is 17.8 Å². The minimum absolute atomic E-state index is 0.0324. The number of nitrogens with zero attached hydrogens (tertiary/aromatic N) is 2. The van der Waals surface area contributed by atoms with Crippen LogP contribution in [0.3, 0.4) is 0 Å². The van der Waals surface area contributed by atoms with Gasteiger partial charge in [0.25, 0.3) is 0 Å². The third-order valence-corrected chi connectivity index (χ3v) is 3.09. The molecule has 1 aromatic carbocycles. The van der Waals surface area contributed by atoms with E-state index in [2.05, 4.69) is 5.10 Å². The molecular weight excluding hydrogens is 242 g/mol. The second-order valence-electron chi connectivity index (χ2n) is 4.35. The molecule has 0 bridgehead atoms. The number of hydrogen-bond acceptors (Lipinski definition) is 4. The first-order valence-corrected chi connectivity index (χ1v) is 6.52. The Kier molecular flexibility index (Phi) is 4.65. The van der Waals surface area contributed by atoms with Gasteiger partial charge in [0.15, 0.2) is 0 Å².